The van der Waals surface area contributed by atoms with Gasteiger partial charge in [-0.25, -0.2) is 13.9 Å². The molecule has 0 bridgehead atoms. The predicted octanol–water partition coefficient (Wildman–Crippen LogP) is 3.93. The average molecular weight is 333 g/mol. The fraction of sp³-hybridized carbons (Fsp3) is 0.0526. The summed E-state index contributed by atoms with van der Waals surface area (Å²) in [4.78, 5) is 4.66. The number of nitrogens with zero attached hydrogens (tertiary/aromatic N) is 3. The van der Waals surface area contributed by atoms with E-state index in [1.54, 1.807) is 22.8 Å². The Morgan fingerprint density at radius 2 is 1.68 bits per heavy atom. The number of fused-ring (bicyclic) bond motifs is 2. The van der Waals surface area contributed by atoms with Gasteiger partial charge in [-0.15, -0.1) is 0 Å². The molecular weight excluding hydrogens is 321 g/mol. The number of hydrogen-bond acceptors (Lipinski definition) is 4. The molecule has 5 rings (SSSR count). The maximum atomic E-state index is 13.3. The van der Waals surface area contributed by atoms with Crippen LogP contribution in [0.2, 0.25) is 0 Å². The van der Waals surface area contributed by atoms with Crippen molar-refractivity contribution in [3.63, 3.8) is 0 Å². The van der Waals surface area contributed by atoms with Crippen LogP contribution in [-0.2, 0) is 0 Å². The fourth-order valence-electron chi connectivity index (χ4n) is 2.94. The smallest absolute Gasteiger partial charge is 0.231 e. The highest BCUT2D eigenvalue weighted by Gasteiger charge is 2.16. The zero-order chi connectivity index (χ0) is 16.8. The van der Waals surface area contributed by atoms with Crippen LogP contribution >= 0.6 is 0 Å². The van der Waals surface area contributed by atoms with Gasteiger partial charge in [-0.2, -0.15) is 5.10 Å². The second-order valence-corrected chi connectivity index (χ2v) is 5.70. The van der Waals surface area contributed by atoms with Crippen molar-refractivity contribution in [3.05, 3.63) is 66.6 Å². The first kappa shape index (κ1) is 14.0. The summed E-state index contributed by atoms with van der Waals surface area (Å²) in [5, 5.41) is 4.33. The number of ether oxygens (including phenoxy) is 2. The molecule has 0 aliphatic carbocycles. The molecule has 2 aromatic carbocycles. The largest absolute Gasteiger partial charge is 0.454 e. The summed E-state index contributed by atoms with van der Waals surface area (Å²) in [7, 11) is 0. The minimum absolute atomic E-state index is 0.231. The van der Waals surface area contributed by atoms with Crippen LogP contribution in [0.4, 0.5) is 4.39 Å². The second-order valence-electron chi connectivity index (χ2n) is 5.70. The van der Waals surface area contributed by atoms with Gasteiger partial charge in [0.1, 0.15) is 5.82 Å². The fourth-order valence-corrected chi connectivity index (χ4v) is 2.94. The van der Waals surface area contributed by atoms with E-state index in [1.165, 1.54) is 12.1 Å². The zero-order valence-electron chi connectivity index (χ0n) is 13.0. The van der Waals surface area contributed by atoms with E-state index in [1.807, 2.05) is 30.3 Å². The van der Waals surface area contributed by atoms with Crippen molar-refractivity contribution < 1.29 is 13.9 Å². The zero-order valence-corrected chi connectivity index (χ0v) is 13.0. The first-order chi connectivity index (χ1) is 12.3. The molecule has 0 radical (unpaired) electrons. The lowest BCUT2D eigenvalue weighted by molar-refractivity contribution is 0.174. The highest BCUT2D eigenvalue weighted by Crippen LogP contribution is 2.36. The van der Waals surface area contributed by atoms with Crippen molar-refractivity contribution in [3.8, 4) is 34.0 Å². The van der Waals surface area contributed by atoms with Crippen LogP contribution in [-0.4, -0.2) is 21.4 Å². The van der Waals surface area contributed by atoms with E-state index >= 15 is 0 Å². The van der Waals surface area contributed by atoms with E-state index in [4.69, 9.17) is 9.47 Å². The Balaban J connectivity index is 1.71. The number of rotatable bonds is 2. The van der Waals surface area contributed by atoms with E-state index in [-0.39, 0.29) is 12.6 Å². The van der Waals surface area contributed by atoms with Crippen LogP contribution in [0.25, 0.3) is 28.2 Å². The topological polar surface area (TPSA) is 48.7 Å². The molecule has 1 aliphatic heterocycles. The molecule has 6 heteroatoms. The van der Waals surface area contributed by atoms with E-state index in [0.29, 0.717) is 5.75 Å². The Bertz CT molecular complexity index is 1090. The quantitative estimate of drug-likeness (QED) is 0.558. The maximum Gasteiger partial charge on any atom is 0.231 e. The van der Waals surface area contributed by atoms with Crippen LogP contribution in [0.5, 0.6) is 11.5 Å². The Morgan fingerprint density at radius 3 is 2.56 bits per heavy atom. The Morgan fingerprint density at radius 1 is 0.880 bits per heavy atom. The lowest BCUT2D eigenvalue weighted by Crippen LogP contribution is -1.98. The summed E-state index contributed by atoms with van der Waals surface area (Å²) < 4.78 is 25.8. The van der Waals surface area contributed by atoms with Crippen LogP contribution in [0, 0.1) is 5.82 Å². The first-order valence-corrected chi connectivity index (χ1v) is 7.79. The molecule has 0 N–H and O–H groups in total. The molecule has 0 unspecified atom stereocenters. The normalized spacial score (nSPS) is 12.7. The summed E-state index contributed by atoms with van der Waals surface area (Å²) in [5.41, 5.74) is 4.11. The Labute approximate surface area is 142 Å². The number of hydrogen-bond donors (Lipinski definition) is 0. The maximum absolute atomic E-state index is 13.3. The van der Waals surface area contributed by atoms with Crippen molar-refractivity contribution in [2.45, 2.75) is 0 Å². The van der Waals surface area contributed by atoms with Gasteiger partial charge >= 0.3 is 0 Å². The molecule has 3 heterocycles. The molecule has 2 aromatic heterocycles. The van der Waals surface area contributed by atoms with Gasteiger partial charge in [-0.3, -0.25) is 0 Å². The molecule has 4 aromatic rings. The van der Waals surface area contributed by atoms with Crippen LogP contribution < -0.4 is 9.47 Å². The molecule has 0 spiro atoms. The van der Waals surface area contributed by atoms with Crippen LogP contribution in [0.1, 0.15) is 0 Å². The molecule has 0 amide bonds. The molecule has 0 saturated carbocycles. The van der Waals surface area contributed by atoms with Crippen LogP contribution in [0.3, 0.4) is 0 Å². The summed E-state index contributed by atoms with van der Waals surface area (Å²) in [6.07, 6.45) is 1.69. The van der Waals surface area contributed by atoms with Gasteiger partial charge in [-0.05, 0) is 48.5 Å². The molecule has 0 fully saturated rings. The van der Waals surface area contributed by atoms with E-state index in [9.17, 15) is 4.39 Å². The lowest BCUT2D eigenvalue weighted by atomic mass is 10.1. The lowest BCUT2D eigenvalue weighted by Gasteiger charge is -2.09. The molecule has 122 valence electrons. The molecule has 0 atom stereocenters. The number of aromatic nitrogens is 3. The summed E-state index contributed by atoms with van der Waals surface area (Å²) in [6, 6.07) is 15.8. The standard InChI is InChI=1S/C19H12FN3O2/c20-14-4-1-12(2-5-14)16-10-15(22-19-7-8-21-23(16)19)13-3-6-17-18(9-13)25-11-24-17/h1-10H,11H2. The molecule has 25 heavy (non-hydrogen) atoms. The van der Waals surface area contributed by atoms with Gasteiger partial charge in [0.25, 0.3) is 0 Å². The third-order valence-electron chi connectivity index (χ3n) is 4.17. The van der Waals surface area contributed by atoms with E-state index in [0.717, 1.165) is 33.9 Å². The average Bonchev–Trinajstić information content (AvgIpc) is 3.29. The SMILES string of the molecule is Fc1ccc(-c2cc(-c3ccc4c(c3)OCO4)nc3ccnn23)cc1. The minimum atomic E-state index is -0.273. The van der Waals surface area contributed by atoms with Crippen molar-refractivity contribution in [2.75, 3.05) is 6.79 Å². The third kappa shape index (κ3) is 2.30. The molecular formula is C19H12FN3O2. The molecule has 5 nitrogen and oxygen atoms in total. The van der Waals surface area contributed by atoms with Gasteiger partial charge < -0.3 is 9.47 Å². The second kappa shape index (κ2) is 5.31. The van der Waals surface area contributed by atoms with Crippen LogP contribution in [0.15, 0.2) is 60.8 Å². The Hall–Kier alpha value is -3.41. The van der Waals surface area contributed by atoms with E-state index in [2.05, 4.69) is 10.1 Å². The minimum Gasteiger partial charge on any atom is -0.454 e. The van der Waals surface area contributed by atoms with E-state index < -0.39 is 0 Å². The first-order valence-electron chi connectivity index (χ1n) is 7.79. The van der Waals surface area contributed by atoms with Gasteiger partial charge in [0.2, 0.25) is 6.79 Å². The van der Waals surface area contributed by atoms with Gasteiger partial charge in [0.05, 0.1) is 17.6 Å². The molecule has 1 aliphatic rings. The highest BCUT2D eigenvalue weighted by molar-refractivity contribution is 5.72. The van der Waals surface area contributed by atoms with Gasteiger partial charge in [0, 0.05) is 17.2 Å². The highest BCUT2D eigenvalue weighted by atomic mass is 19.1. The summed E-state index contributed by atoms with van der Waals surface area (Å²) >= 11 is 0. The summed E-state index contributed by atoms with van der Waals surface area (Å²) in [5.74, 6) is 1.16. The van der Waals surface area contributed by atoms with Crippen molar-refractivity contribution in [1.82, 2.24) is 14.6 Å². The predicted molar refractivity (Wildman–Crippen MR) is 89.9 cm³/mol. The third-order valence-corrected chi connectivity index (χ3v) is 4.17. The van der Waals surface area contributed by atoms with Gasteiger partial charge in [0.15, 0.2) is 17.1 Å². The van der Waals surface area contributed by atoms with Crippen molar-refractivity contribution in [2.24, 2.45) is 0 Å². The van der Waals surface area contributed by atoms with Crippen molar-refractivity contribution >= 4 is 5.65 Å². The Kier molecular flexibility index (Phi) is 2.97. The van der Waals surface area contributed by atoms with Gasteiger partial charge in [-0.1, -0.05) is 0 Å². The molecule has 0 saturated heterocycles. The number of halogens is 1. The number of benzene rings is 2. The van der Waals surface area contributed by atoms with Crippen molar-refractivity contribution in [1.29, 1.82) is 0 Å². The summed E-state index contributed by atoms with van der Waals surface area (Å²) in [6.45, 7) is 0.231. The monoisotopic (exact) mass is 333 g/mol.